The van der Waals surface area contributed by atoms with Gasteiger partial charge in [-0.1, -0.05) is 59.9 Å². The summed E-state index contributed by atoms with van der Waals surface area (Å²) in [5.74, 6) is -2.74. The summed E-state index contributed by atoms with van der Waals surface area (Å²) in [6.45, 7) is 0.590. The van der Waals surface area contributed by atoms with Crippen LogP contribution in [0.2, 0.25) is 0 Å². The Morgan fingerprint density at radius 3 is 1.54 bits per heavy atom. The first-order chi connectivity index (χ1) is 23.0. The Morgan fingerprint density at radius 2 is 1.12 bits per heavy atom. The van der Waals surface area contributed by atoms with E-state index in [2.05, 4.69) is 0 Å². The highest BCUT2D eigenvalue weighted by molar-refractivity contribution is 8.04. The number of carbonyl (C=O) groups excluding carboxylic acids is 2. The number of nitrogens with zero attached hydrogens (tertiary/aromatic N) is 4. The highest BCUT2D eigenvalue weighted by Gasteiger charge is 2.40. The van der Waals surface area contributed by atoms with Crippen molar-refractivity contribution >= 4 is 76.0 Å². The van der Waals surface area contributed by atoms with Crippen LogP contribution in [0.1, 0.15) is 25.7 Å². The Morgan fingerprint density at radius 1 is 0.708 bits per heavy atom. The number of thioether (sulfide) groups is 2. The normalized spacial score (nSPS) is 21.1. The Labute approximate surface area is 291 Å². The molecule has 6 rings (SSSR count). The molecule has 246 valence electrons. The molecule has 13 heteroatoms. The van der Waals surface area contributed by atoms with Crippen molar-refractivity contribution in [2.45, 2.75) is 35.5 Å². The fourth-order valence-corrected chi connectivity index (χ4v) is 8.34. The number of anilines is 2. The van der Waals surface area contributed by atoms with E-state index in [1.54, 1.807) is 14.1 Å². The van der Waals surface area contributed by atoms with Crippen molar-refractivity contribution < 1.29 is 29.4 Å². The van der Waals surface area contributed by atoms with Crippen LogP contribution in [-0.4, -0.2) is 76.1 Å². The molecule has 3 heterocycles. The van der Waals surface area contributed by atoms with Crippen molar-refractivity contribution in [1.82, 2.24) is 9.80 Å². The van der Waals surface area contributed by atoms with Gasteiger partial charge in [0.15, 0.2) is 5.11 Å². The summed E-state index contributed by atoms with van der Waals surface area (Å²) in [6.07, 6.45) is 8.76. The first-order valence-electron chi connectivity index (χ1n) is 15.2. The summed E-state index contributed by atoms with van der Waals surface area (Å²) in [7, 11) is 3.11. The number of hydrogen-bond acceptors (Lipinski definition) is 9. The highest BCUT2D eigenvalue weighted by Crippen LogP contribution is 2.48. The number of likely N-dealkylation sites (N-methyl/N-ethyl adjacent to an activating group) is 2. The van der Waals surface area contributed by atoms with Gasteiger partial charge in [-0.15, -0.1) is 0 Å². The maximum Gasteiger partial charge on any atom is 0.305 e. The number of amides is 2. The molecule has 0 unspecified atom stereocenters. The molecule has 0 bridgehead atoms. The molecule has 1 saturated carbocycles. The van der Waals surface area contributed by atoms with Crippen molar-refractivity contribution in [2.24, 2.45) is 0 Å². The number of allylic oxidation sites excluding steroid dienone is 7. The Hall–Kier alpha value is -4.59. The van der Waals surface area contributed by atoms with Gasteiger partial charge in [-0.05, 0) is 78.2 Å². The first kappa shape index (κ1) is 33.3. The topological polar surface area (TPSA) is 122 Å². The van der Waals surface area contributed by atoms with Gasteiger partial charge in [-0.3, -0.25) is 29.0 Å². The molecule has 2 fully saturated rings. The van der Waals surface area contributed by atoms with Crippen molar-refractivity contribution in [1.29, 1.82) is 0 Å². The van der Waals surface area contributed by atoms with Crippen molar-refractivity contribution in [3.63, 3.8) is 0 Å². The predicted molar refractivity (Wildman–Crippen MR) is 191 cm³/mol. The zero-order chi connectivity index (χ0) is 34.1. The van der Waals surface area contributed by atoms with Gasteiger partial charge in [0.2, 0.25) is 0 Å². The smallest absolute Gasteiger partial charge is 0.305 e. The summed E-state index contributed by atoms with van der Waals surface area (Å²) in [6, 6.07) is 15.6. The van der Waals surface area contributed by atoms with Gasteiger partial charge >= 0.3 is 11.9 Å². The van der Waals surface area contributed by atoms with E-state index in [1.165, 1.54) is 33.3 Å². The third kappa shape index (κ3) is 6.45. The minimum absolute atomic E-state index is 0.0351. The van der Waals surface area contributed by atoms with E-state index in [0.29, 0.717) is 31.5 Å². The second-order valence-corrected chi connectivity index (χ2v) is 13.9. The number of carboxylic acids is 2. The molecule has 0 radical (unpaired) electrons. The standard InChI is InChI=1S/C35H32N4O6S3/c1-36-33(44)32(34(45)37(2)35(36)46)31-21(13-15-27-38(19-17-29(40)41)23-7-3-5-9-25(23)47-27)11-12-22(31)14-16-28-39(20-18-30(42)43)24-8-4-6-10-26(24)48-28/h3-10,13-16H,11-12,17-20H2,1-2H3,(H,40,41)(H,42,43)/b21-13+,22-14+,27-15-,28-16-. The van der Waals surface area contributed by atoms with Crippen LogP contribution < -0.4 is 9.80 Å². The zero-order valence-corrected chi connectivity index (χ0v) is 28.7. The lowest BCUT2D eigenvalue weighted by Gasteiger charge is -2.33. The van der Waals surface area contributed by atoms with Gasteiger partial charge in [0.25, 0.3) is 11.8 Å². The monoisotopic (exact) mass is 700 g/mol. The minimum atomic E-state index is -0.890. The molecular formula is C35H32N4O6S3. The zero-order valence-electron chi connectivity index (χ0n) is 26.2. The Balaban J connectivity index is 1.42. The van der Waals surface area contributed by atoms with Crippen molar-refractivity contribution in [3.05, 3.63) is 105 Å². The lowest BCUT2D eigenvalue weighted by molar-refractivity contribution is -0.137. The average molecular weight is 701 g/mol. The average Bonchev–Trinajstić information content (AvgIpc) is 3.75. The molecule has 1 saturated heterocycles. The molecule has 0 atom stereocenters. The van der Waals surface area contributed by atoms with Gasteiger partial charge in [-0.2, -0.15) is 0 Å². The Kier molecular flexibility index (Phi) is 9.63. The predicted octanol–water partition coefficient (Wildman–Crippen LogP) is 6.00. The number of fused-ring (bicyclic) bond motifs is 2. The molecule has 48 heavy (non-hydrogen) atoms. The molecule has 2 aromatic carbocycles. The second kappa shape index (κ2) is 13.9. The van der Waals surface area contributed by atoms with Crippen LogP contribution in [0.25, 0.3) is 0 Å². The van der Waals surface area contributed by atoms with Crippen LogP contribution in [0.3, 0.4) is 0 Å². The van der Waals surface area contributed by atoms with E-state index in [0.717, 1.165) is 42.4 Å². The lowest BCUT2D eigenvalue weighted by Crippen LogP contribution is -2.53. The molecule has 0 aromatic heterocycles. The molecule has 0 spiro atoms. The van der Waals surface area contributed by atoms with E-state index in [-0.39, 0.29) is 23.5 Å². The van der Waals surface area contributed by atoms with Crippen molar-refractivity contribution in [3.8, 4) is 0 Å². The number of carboxylic acid groups (broad SMARTS) is 2. The van der Waals surface area contributed by atoms with Gasteiger partial charge in [0.1, 0.15) is 5.57 Å². The summed E-state index contributed by atoms with van der Waals surface area (Å²) in [4.78, 5) is 58.9. The van der Waals surface area contributed by atoms with Crippen LogP contribution in [-0.2, 0) is 19.2 Å². The Bertz CT molecular complexity index is 1780. The second-order valence-electron chi connectivity index (χ2n) is 11.4. The van der Waals surface area contributed by atoms with Crippen LogP contribution in [0.15, 0.2) is 115 Å². The number of carbonyl (C=O) groups is 4. The van der Waals surface area contributed by atoms with Crippen LogP contribution in [0.5, 0.6) is 0 Å². The fraction of sp³-hybridized carbons (Fsp3) is 0.229. The molecule has 2 aromatic rings. The maximum atomic E-state index is 13.7. The van der Waals surface area contributed by atoms with Gasteiger partial charge in [-0.25, -0.2) is 0 Å². The third-order valence-corrected chi connectivity index (χ3v) is 11.2. The molecule has 4 aliphatic rings. The largest absolute Gasteiger partial charge is 0.481 e. The number of benzene rings is 2. The van der Waals surface area contributed by atoms with E-state index < -0.39 is 23.8 Å². The van der Waals surface area contributed by atoms with E-state index in [1.807, 2.05) is 82.6 Å². The number of rotatable bonds is 8. The molecule has 1 aliphatic carbocycles. The molecular weight excluding hydrogens is 669 g/mol. The van der Waals surface area contributed by atoms with Gasteiger partial charge < -0.3 is 20.0 Å². The van der Waals surface area contributed by atoms with Gasteiger partial charge in [0.05, 0.1) is 34.3 Å². The van der Waals surface area contributed by atoms with E-state index >= 15 is 0 Å². The number of thiocarbonyl (C=S) groups is 1. The first-order valence-corrected chi connectivity index (χ1v) is 17.3. The number of hydrogen-bond donors (Lipinski definition) is 2. The van der Waals surface area contributed by atoms with Crippen LogP contribution in [0, 0.1) is 0 Å². The van der Waals surface area contributed by atoms with Crippen molar-refractivity contribution in [2.75, 3.05) is 37.0 Å². The summed E-state index contributed by atoms with van der Waals surface area (Å²) >= 11 is 8.44. The van der Waals surface area contributed by atoms with E-state index in [4.69, 9.17) is 12.2 Å². The summed E-state index contributed by atoms with van der Waals surface area (Å²) in [5, 5.41) is 20.6. The number of para-hydroxylation sites is 2. The third-order valence-electron chi connectivity index (χ3n) is 8.39. The lowest BCUT2D eigenvalue weighted by atomic mass is 9.95. The van der Waals surface area contributed by atoms with Crippen LogP contribution >= 0.6 is 35.7 Å². The van der Waals surface area contributed by atoms with Gasteiger partial charge in [0, 0.05) is 37.0 Å². The molecule has 3 aliphatic heterocycles. The highest BCUT2D eigenvalue weighted by atomic mass is 32.2. The van der Waals surface area contributed by atoms with E-state index in [9.17, 15) is 29.4 Å². The molecule has 2 amide bonds. The summed E-state index contributed by atoms with van der Waals surface area (Å²) in [5.41, 5.74) is 4.06. The maximum absolute atomic E-state index is 13.7. The minimum Gasteiger partial charge on any atom is -0.481 e. The number of aliphatic carboxylic acids is 2. The molecule has 10 nitrogen and oxygen atoms in total. The quantitative estimate of drug-likeness (QED) is 0.192. The SMILES string of the molecule is CN1C(=O)C(=C2/C(=C/C=C3\Sc4ccccc4N3CCC(=O)O)CC/C2=C\C=C2/Sc3ccccc3N2CCC(=O)O)C(=O)N(C)C1=S. The fourth-order valence-electron chi connectivity index (χ4n) is 5.99. The van der Waals surface area contributed by atoms with Crippen LogP contribution in [0.4, 0.5) is 11.4 Å². The molecule has 2 N–H and O–H groups in total. The summed E-state index contributed by atoms with van der Waals surface area (Å²) < 4.78 is 0.